The normalized spacial score (nSPS) is 23.2. The predicted octanol–water partition coefficient (Wildman–Crippen LogP) is 2.00. The van der Waals surface area contributed by atoms with E-state index in [1.165, 1.54) is 13.0 Å². The summed E-state index contributed by atoms with van der Waals surface area (Å²) in [4.78, 5) is 12.0. The fourth-order valence-corrected chi connectivity index (χ4v) is 2.33. The molecule has 1 amide bonds. The van der Waals surface area contributed by atoms with Crippen LogP contribution in [0.5, 0.6) is 0 Å². The van der Waals surface area contributed by atoms with E-state index in [4.69, 9.17) is 0 Å². The van der Waals surface area contributed by atoms with E-state index >= 15 is 0 Å². The summed E-state index contributed by atoms with van der Waals surface area (Å²) in [6.07, 6.45) is 0.766. The Morgan fingerprint density at radius 2 is 2.16 bits per heavy atom. The van der Waals surface area contributed by atoms with Gasteiger partial charge >= 0.3 is 0 Å². The Morgan fingerprint density at radius 3 is 2.84 bits per heavy atom. The van der Waals surface area contributed by atoms with Gasteiger partial charge in [0, 0.05) is 6.04 Å². The van der Waals surface area contributed by atoms with Gasteiger partial charge in [0.15, 0.2) is 0 Å². The first-order valence-corrected chi connectivity index (χ1v) is 6.47. The van der Waals surface area contributed by atoms with Crippen molar-refractivity contribution in [3.8, 4) is 0 Å². The van der Waals surface area contributed by atoms with E-state index in [0.29, 0.717) is 0 Å². The van der Waals surface area contributed by atoms with Crippen molar-refractivity contribution in [3.05, 3.63) is 34.9 Å². The minimum Gasteiger partial charge on any atom is -0.349 e. The number of carbonyl (C=O) groups is 1. The number of hydrogen-bond donors (Lipinski definition) is 2. The summed E-state index contributed by atoms with van der Waals surface area (Å²) in [6, 6.07) is 2.40. The molecule has 1 fully saturated rings. The second kappa shape index (κ2) is 5.65. The van der Waals surface area contributed by atoms with Crippen LogP contribution in [0.25, 0.3) is 0 Å². The highest BCUT2D eigenvalue weighted by atomic mass is 19.1. The third kappa shape index (κ3) is 2.92. The summed E-state index contributed by atoms with van der Waals surface area (Å²) in [6.45, 7) is 5.11. The quantitative estimate of drug-likeness (QED) is 0.861. The van der Waals surface area contributed by atoms with Crippen molar-refractivity contribution in [2.24, 2.45) is 5.92 Å². The number of piperidine rings is 1. The molecule has 3 nitrogen and oxygen atoms in total. The van der Waals surface area contributed by atoms with Crippen molar-refractivity contribution in [2.75, 3.05) is 13.1 Å². The average Bonchev–Trinajstić information content (AvgIpc) is 2.37. The molecule has 2 atom stereocenters. The van der Waals surface area contributed by atoms with E-state index in [9.17, 15) is 13.6 Å². The van der Waals surface area contributed by atoms with Crippen molar-refractivity contribution >= 4 is 5.91 Å². The van der Waals surface area contributed by atoms with Crippen LogP contribution in [0.3, 0.4) is 0 Å². The molecule has 0 saturated carbocycles. The molecule has 1 aromatic rings. The molecule has 1 heterocycles. The molecule has 0 spiro atoms. The fraction of sp³-hybridized carbons (Fsp3) is 0.500. The smallest absolute Gasteiger partial charge is 0.257 e. The zero-order valence-electron chi connectivity index (χ0n) is 11.1. The highest BCUT2D eigenvalue weighted by Crippen LogP contribution is 2.18. The van der Waals surface area contributed by atoms with Crippen molar-refractivity contribution < 1.29 is 13.6 Å². The van der Waals surface area contributed by atoms with Gasteiger partial charge in [0.05, 0.1) is 0 Å². The Hall–Kier alpha value is -1.49. The zero-order valence-corrected chi connectivity index (χ0v) is 11.1. The van der Waals surface area contributed by atoms with E-state index in [2.05, 4.69) is 10.6 Å². The molecule has 2 N–H and O–H groups in total. The summed E-state index contributed by atoms with van der Waals surface area (Å²) in [5.41, 5.74) is -0.212. The van der Waals surface area contributed by atoms with E-state index in [1.54, 1.807) is 0 Å². The van der Waals surface area contributed by atoms with Gasteiger partial charge in [-0.15, -0.1) is 0 Å². The van der Waals surface area contributed by atoms with Gasteiger partial charge in [-0.1, -0.05) is 13.0 Å². The maximum atomic E-state index is 13.9. The van der Waals surface area contributed by atoms with Crippen LogP contribution >= 0.6 is 0 Å². The lowest BCUT2D eigenvalue weighted by Crippen LogP contribution is -2.48. The highest BCUT2D eigenvalue weighted by Gasteiger charge is 2.26. The van der Waals surface area contributed by atoms with Crippen LogP contribution in [0.15, 0.2) is 12.1 Å². The monoisotopic (exact) mass is 268 g/mol. The Balaban J connectivity index is 2.18. The van der Waals surface area contributed by atoms with Crippen LogP contribution in [0.1, 0.15) is 29.3 Å². The minimum absolute atomic E-state index is 0.0481. The molecule has 0 bridgehead atoms. The van der Waals surface area contributed by atoms with E-state index < -0.39 is 23.1 Å². The molecule has 1 saturated heterocycles. The van der Waals surface area contributed by atoms with Gasteiger partial charge in [-0.05, 0) is 44.0 Å². The number of aryl methyl sites for hydroxylation is 1. The van der Waals surface area contributed by atoms with Crippen molar-refractivity contribution in [1.82, 2.24) is 10.6 Å². The number of benzene rings is 1. The molecular formula is C14H18F2N2O. The van der Waals surface area contributed by atoms with Gasteiger partial charge in [-0.2, -0.15) is 0 Å². The average molecular weight is 268 g/mol. The molecule has 2 unspecified atom stereocenters. The second-order valence-electron chi connectivity index (χ2n) is 5.10. The van der Waals surface area contributed by atoms with E-state index in [-0.39, 0.29) is 17.5 Å². The molecule has 2 rings (SSSR count). The molecule has 1 aromatic carbocycles. The molecule has 104 valence electrons. The summed E-state index contributed by atoms with van der Waals surface area (Å²) < 4.78 is 27.5. The summed E-state index contributed by atoms with van der Waals surface area (Å²) >= 11 is 0. The number of carbonyl (C=O) groups excluding carboxylic acids is 1. The topological polar surface area (TPSA) is 41.1 Å². The zero-order chi connectivity index (χ0) is 14.0. The Labute approximate surface area is 111 Å². The second-order valence-corrected chi connectivity index (χ2v) is 5.10. The molecular weight excluding hydrogens is 250 g/mol. The van der Waals surface area contributed by atoms with Crippen LogP contribution < -0.4 is 10.6 Å². The van der Waals surface area contributed by atoms with Crippen LogP contribution in [-0.2, 0) is 0 Å². The molecule has 5 heteroatoms. The van der Waals surface area contributed by atoms with Gasteiger partial charge in [-0.25, -0.2) is 8.78 Å². The van der Waals surface area contributed by atoms with Crippen LogP contribution in [0.4, 0.5) is 8.78 Å². The van der Waals surface area contributed by atoms with Crippen LogP contribution in [0, 0.1) is 24.5 Å². The summed E-state index contributed by atoms with van der Waals surface area (Å²) in [5.74, 6) is -2.02. The third-order valence-corrected chi connectivity index (χ3v) is 3.61. The van der Waals surface area contributed by atoms with Gasteiger partial charge in [-0.3, -0.25) is 4.79 Å². The molecule has 1 aliphatic rings. The maximum absolute atomic E-state index is 13.9. The molecule has 0 radical (unpaired) electrons. The maximum Gasteiger partial charge on any atom is 0.257 e. The number of rotatable bonds is 2. The Morgan fingerprint density at radius 1 is 1.42 bits per heavy atom. The molecule has 0 aliphatic carbocycles. The lowest BCUT2D eigenvalue weighted by Gasteiger charge is -2.30. The van der Waals surface area contributed by atoms with Crippen molar-refractivity contribution in [1.29, 1.82) is 0 Å². The van der Waals surface area contributed by atoms with E-state index in [0.717, 1.165) is 25.6 Å². The highest BCUT2D eigenvalue weighted by molar-refractivity contribution is 5.95. The summed E-state index contributed by atoms with van der Waals surface area (Å²) in [7, 11) is 0. The Kier molecular flexibility index (Phi) is 4.14. The van der Waals surface area contributed by atoms with Crippen molar-refractivity contribution in [2.45, 2.75) is 26.3 Å². The van der Waals surface area contributed by atoms with Crippen LogP contribution in [-0.4, -0.2) is 25.0 Å². The number of halogens is 2. The number of amides is 1. The molecule has 0 aromatic heterocycles. The summed E-state index contributed by atoms with van der Waals surface area (Å²) in [5, 5.41) is 5.94. The Bertz CT molecular complexity index is 491. The molecule has 19 heavy (non-hydrogen) atoms. The third-order valence-electron chi connectivity index (χ3n) is 3.61. The first-order valence-electron chi connectivity index (χ1n) is 6.47. The lowest BCUT2D eigenvalue weighted by atomic mass is 9.95. The fourth-order valence-electron chi connectivity index (χ4n) is 2.33. The largest absolute Gasteiger partial charge is 0.349 e. The minimum atomic E-state index is -0.817. The van der Waals surface area contributed by atoms with E-state index in [1.807, 2.05) is 6.92 Å². The predicted molar refractivity (Wildman–Crippen MR) is 69.0 cm³/mol. The van der Waals surface area contributed by atoms with Crippen LogP contribution in [0.2, 0.25) is 0 Å². The lowest BCUT2D eigenvalue weighted by molar-refractivity contribution is 0.0905. The van der Waals surface area contributed by atoms with Gasteiger partial charge in [0.1, 0.15) is 17.2 Å². The van der Waals surface area contributed by atoms with Crippen molar-refractivity contribution in [3.63, 3.8) is 0 Å². The first-order chi connectivity index (χ1) is 9.00. The first kappa shape index (κ1) is 13.9. The van der Waals surface area contributed by atoms with Gasteiger partial charge in [0.2, 0.25) is 0 Å². The van der Waals surface area contributed by atoms with Gasteiger partial charge < -0.3 is 10.6 Å². The van der Waals surface area contributed by atoms with Gasteiger partial charge in [0.25, 0.3) is 5.91 Å². The standard InChI is InChI=1S/C14H18F2N2O/c1-8-3-4-10(15)12(13(8)16)14(19)18-11-5-6-17-7-9(11)2/h3-4,9,11,17H,5-7H2,1-2H3,(H,18,19). The number of hydrogen-bond acceptors (Lipinski definition) is 2. The SMILES string of the molecule is Cc1ccc(F)c(C(=O)NC2CCNCC2C)c1F. The number of nitrogens with one attached hydrogen (secondary N) is 2. The molecule has 1 aliphatic heterocycles.